The van der Waals surface area contributed by atoms with Crippen LogP contribution in [-0.2, 0) is 6.54 Å². The number of anilines is 1. The Morgan fingerprint density at radius 3 is 2.88 bits per heavy atom. The van der Waals surface area contributed by atoms with Crippen molar-refractivity contribution in [2.45, 2.75) is 39.2 Å². The van der Waals surface area contributed by atoms with E-state index in [1.165, 1.54) is 0 Å². The molecule has 0 aromatic carbocycles. The van der Waals surface area contributed by atoms with E-state index in [1.54, 1.807) is 12.4 Å². The maximum Gasteiger partial charge on any atom is 0.271 e. The molecular formula is C16H23N7O. The minimum absolute atomic E-state index is 0.191. The van der Waals surface area contributed by atoms with Crippen molar-refractivity contribution in [3.8, 4) is 0 Å². The smallest absolute Gasteiger partial charge is 0.271 e. The van der Waals surface area contributed by atoms with Gasteiger partial charge in [-0.05, 0) is 38.8 Å². The molecule has 2 aromatic heterocycles. The van der Waals surface area contributed by atoms with E-state index in [0.29, 0.717) is 18.2 Å². The first-order valence-electron chi connectivity index (χ1n) is 8.47. The van der Waals surface area contributed by atoms with E-state index in [1.807, 2.05) is 13.0 Å². The molecule has 3 heterocycles. The number of hydrogen-bond donors (Lipinski definition) is 1. The van der Waals surface area contributed by atoms with Crippen molar-refractivity contribution >= 4 is 11.7 Å². The van der Waals surface area contributed by atoms with Crippen LogP contribution < -0.4 is 10.2 Å². The monoisotopic (exact) mass is 329 g/mol. The summed E-state index contributed by atoms with van der Waals surface area (Å²) in [4.78, 5) is 14.0. The number of carbonyl (C=O) groups is 1. The fourth-order valence-corrected chi connectivity index (χ4v) is 3.09. The van der Waals surface area contributed by atoms with E-state index in [0.717, 1.165) is 44.1 Å². The predicted molar refractivity (Wildman–Crippen MR) is 89.9 cm³/mol. The quantitative estimate of drug-likeness (QED) is 0.887. The van der Waals surface area contributed by atoms with E-state index in [9.17, 15) is 4.79 Å². The van der Waals surface area contributed by atoms with Crippen molar-refractivity contribution in [1.82, 2.24) is 30.3 Å². The zero-order chi connectivity index (χ0) is 16.9. The number of nitrogens with zero attached hydrogens (tertiary/aromatic N) is 6. The summed E-state index contributed by atoms with van der Waals surface area (Å²) in [6.45, 7) is 7.20. The molecule has 1 amide bonds. The molecule has 0 aliphatic carbocycles. The molecule has 24 heavy (non-hydrogen) atoms. The Balaban J connectivity index is 1.72. The molecule has 2 aromatic rings. The number of aromatic nitrogens is 5. The second kappa shape index (κ2) is 7.37. The van der Waals surface area contributed by atoms with Crippen molar-refractivity contribution < 1.29 is 4.79 Å². The molecule has 128 valence electrons. The van der Waals surface area contributed by atoms with Gasteiger partial charge in [-0.1, -0.05) is 0 Å². The van der Waals surface area contributed by atoms with E-state index < -0.39 is 0 Å². The van der Waals surface area contributed by atoms with E-state index in [2.05, 4.69) is 42.1 Å². The highest BCUT2D eigenvalue weighted by molar-refractivity contribution is 5.92. The first-order chi connectivity index (χ1) is 11.7. The van der Waals surface area contributed by atoms with Gasteiger partial charge in [0.15, 0.2) is 11.5 Å². The molecule has 1 N–H and O–H groups in total. The number of amides is 1. The molecule has 8 heteroatoms. The Morgan fingerprint density at radius 2 is 2.17 bits per heavy atom. The number of hydrogen-bond acceptors (Lipinski definition) is 6. The standard InChI is InChI=1S/C16H23N7O/c1-3-17-16(24)13-7-8-14(20-19-13)23-9-5-6-12(10-23)15-21-18-11-22(15)4-2/h7-8,11-12H,3-6,9-10H2,1-2H3,(H,17,24). The third kappa shape index (κ3) is 3.37. The largest absolute Gasteiger partial charge is 0.354 e. The summed E-state index contributed by atoms with van der Waals surface area (Å²) in [6.07, 6.45) is 3.95. The predicted octanol–water partition coefficient (Wildman–Crippen LogP) is 1.22. The molecular weight excluding hydrogens is 306 g/mol. The van der Waals surface area contributed by atoms with Crippen LogP contribution in [0.5, 0.6) is 0 Å². The third-order valence-electron chi connectivity index (χ3n) is 4.32. The van der Waals surface area contributed by atoms with Crippen molar-refractivity contribution in [2.24, 2.45) is 0 Å². The van der Waals surface area contributed by atoms with Gasteiger partial charge in [-0.25, -0.2) is 0 Å². The lowest BCUT2D eigenvalue weighted by Crippen LogP contribution is -2.36. The van der Waals surface area contributed by atoms with Crippen LogP contribution in [0.15, 0.2) is 18.5 Å². The summed E-state index contributed by atoms with van der Waals surface area (Å²) in [5.41, 5.74) is 0.347. The Hall–Kier alpha value is -2.51. The highest BCUT2D eigenvalue weighted by atomic mass is 16.1. The first kappa shape index (κ1) is 16.4. The average molecular weight is 329 g/mol. The highest BCUT2D eigenvalue weighted by Gasteiger charge is 2.26. The summed E-state index contributed by atoms with van der Waals surface area (Å²) >= 11 is 0. The zero-order valence-electron chi connectivity index (χ0n) is 14.1. The van der Waals surface area contributed by atoms with Crippen LogP contribution >= 0.6 is 0 Å². The molecule has 0 radical (unpaired) electrons. The van der Waals surface area contributed by atoms with Gasteiger partial charge in [-0.15, -0.1) is 20.4 Å². The Kier molecular flexibility index (Phi) is 5.02. The molecule has 0 spiro atoms. The normalized spacial score (nSPS) is 17.8. The average Bonchev–Trinajstić information content (AvgIpc) is 3.11. The van der Waals surface area contributed by atoms with Crippen LogP contribution in [0.2, 0.25) is 0 Å². The van der Waals surface area contributed by atoms with Gasteiger partial charge in [-0.3, -0.25) is 4.79 Å². The number of aryl methyl sites for hydroxylation is 1. The summed E-state index contributed by atoms with van der Waals surface area (Å²) in [5, 5.41) is 19.3. The van der Waals surface area contributed by atoms with E-state index in [4.69, 9.17) is 0 Å². The van der Waals surface area contributed by atoms with Crippen molar-refractivity contribution in [1.29, 1.82) is 0 Å². The van der Waals surface area contributed by atoms with Crippen LogP contribution in [0, 0.1) is 0 Å². The second-order valence-corrected chi connectivity index (χ2v) is 5.90. The Labute approximate surface area is 141 Å². The molecule has 1 unspecified atom stereocenters. The van der Waals surface area contributed by atoms with Crippen LogP contribution in [0.4, 0.5) is 5.82 Å². The fourth-order valence-electron chi connectivity index (χ4n) is 3.09. The summed E-state index contributed by atoms with van der Waals surface area (Å²) in [6, 6.07) is 3.59. The third-order valence-corrected chi connectivity index (χ3v) is 4.32. The zero-order valence-corrected chi connectivity index (χ0v) is 14.1. The molecule has 0 saturated carbocycles. The Morgan fingerprint density at radius 1 is 1.29 bits per heavy atom. The van der Waals surface area contributed by atoms with Gasteiger partial charge >= 0.3 is 0 Å². The van der Waals surface area contributed by atoms with E-state index in [-0.39, 0.29) is 5.91 Å². The van der Waals surface area contributed by atoms with Crippen molar-refractivity contribution in [3.05, 3.63) is 30.0 Å². The lowest BCUT2D eigenvalue weighted by Gasteiger charge is -2.32. The number of piperidine rings is 1. The summed E-state index contributed by atoms with van der Waals surface area (Å²) in [5.74, 6) is 1.99. The maximum atomic E-state index is 11.8. The molecule has 1 saturated heterocycles. The van der Waals surface area contributed by atoms with Crippen molar-refractivity contribution in [3.63, 3.8) is 0 Å². The van der Waals surface area contributed by atoms with Crippen LogP contribution in [0.3, 0.4) is 0 Å². The van der Waals surface area contributed by atoms with Crippen LogP contribution in [0.25, 0.3) is 0 Å². The number of rotatable bonds is 5. The van der Waals surface area contributed by atoms with Gasteiger partial charge in [0.05, 0.1) is 0 Å². The van der Waals surface area contributed by atoms with Crippen LogP contribution in [-0.4, -0.2) is 50.5 Å². The first-order valence-corrected chi connectivity index (χ1v) is 8.47. The second-order valence-electron chi connectivity index (χ2n) is 5.90. The summed E-state index contributed by atoms with van der Waals surface area (Å²) < 4.78 is 2.10. The summed E-state index contributed by atoms with van der Waals surface area (Å²) in [7, 11) is 0. The topological polar surface area (TPSA) is 88.8 Å². The molecule has 3 rings (SSSR count). The Bertz CT molecular complexity index is 682. The minimum atomic E-state index is -0.191. The van der Waals surface area contributed by atoms with Crippen LogP contribution in [0.1, 0.15) is 48.9 Å². The van der Waals surface area contributed by atoms with E-state index >= 15 is 0 Å². The van der Waals surface area contributed by atoms with Gasteiger partial charge in [0.2, 0.25) is 0 Å². The lowest BCUT2D eigenvalue weighted by atomic mass is 9.97. The van der Waals surface area contributed by atoms with Gasteiger partial charge in [-0.2, -0.15) is 0 Å². The lowest BCUT2D eigenvalue weighted by molar-refractivity contribution is 0.0950. The molecule has 1 fully saturated rings. The fraction of sp³-hybridized carbons (Fsp3) is 0.562. The van der Waals surface area contributed by atoms with Gasteiger partial charge in [0.1, 0.15) is 12.2 Å². The molecule has 0 bridgehead atoms. The molecule has 1 atom stereocenters. The number of carbonyl (C=O) groups excluding carboxylic acids is 1. The number of nitrogens with one attached hydrogen (secondary N) is 1. The van der Waals surface area contributed by atoms with Gasteiger partial charge in [0, 0.05) is 32.1 Å². The molecule has 8 nitrogen and oxygen atoms in total. The van der Waals surface area contributed by atoms with Gasteiger partial charge in [0.25, 0.3) is 5.91 Å². The maximum absolute atomic E-state index is 11.8. The van der Waals surface area contributed by atoms with Crippen molar-refractivity contribution in [2.75, 3.05) is 24.5 Å². The minimum Gasteiger partial charge on any atom is -0.354 e. The highest BCUT2D eigenvalue weighted by Crippen LogP contribution is 2.27. The van der Waals surface area contributed by atoms with Gasteiger partial charge < -0.3 is 14.8 Å². The molecule has 1 aliphatic rings. The molecule has 1 aliphatic heterocycles. The SMILES string of the molecule is CCNC(=O)c1ccc(N2CCCC(c3nncn3CC)C2)nn1.